The molecule has 1 aliphatic rings. The van der Waals surface area contributed by atoms with E-state index in [-0.39, 0.29) is 18.4 Å². The Labute approximate surface area is 81.6 Å². The van der Waals surface area contributed by atoms with Gasteiger partial charge in [0.2, 0.25) is 0 Å². The van der Waals surface area contributed by atoms with Crippen molar-refractivity contribution in [3.8, 4) is 0 Å². The minimum Gasteiger partial charge on any atom is -0.480 e. The van der Waals surface area contributed by atoms with Gasteiger partial charge in [0, 0.05) is 12.0 Å². The van der Waals surface area contributed by atoms with Gasteiger partial charge in [-0.15, -0.1) is 0 Å². The van der Waals surface area contributed by atoms with E-state index < -0.39 is 17.5 Å². The lowest BCUT2D eigenvalue weighted by Crippen LogP contribution is -2.49. The van der Waals surface area contributed by atoms with Crippen molar-refractivity contribution in [2.45, 2.75) is 18.4 Å². The van der Waals surface area contributed by atoms with Crippen LogP contribution in [0.1, 0.15) is 12.8 Å². The van der Waals surface area contributed by atoms with E-state index in [0.29, 0.717) is 0 Å². The number of nitrogens with zero attached hydrogens (tertiary/aromatic N) is 1. The van der Waals surface area contributed by atoms with Crippen molar-refractivity contribution in [2.24, 2.45) is 0 Å². The average molecular weight is 199 g/mol. The predicted octanol–water partition coefficient (Wildman–Crippen LogP) is 0.176. The van der Waals surface area contributed by atoms with Crippen LogP contribution in [-0.2, 0) is 9.59 Å². The lowest BCUT2D eigenvalue weighted by molar-refractivity contribution is -0.149. The largest absolute Gasteiger partial charge is 0.480 e. The highest BCUT2D eigenvalue weighted by atomic mass is 16.4. The fraction of sp³-hybridized carbons (Fsp3) is 0.556. The summed E-state index contributed by atoms with van der Waals surface area (Å²) in [5.74, 6) is -2.01. The van der Waals surface area contributed by atoms with Gasteiger partial charge in [0.05, 0.1) is 0 Å². The van der Waals surface area contributed by atoms with Crippen LogP contribution < -0.4 is 0 Å². The molecule has 0 heterocycles. The van der Waals surface area contributed by atoms with E-state index in [2.05, 4.69) is 0 Å². The Hall–Kier alpha value is -1.36. The molecule has 1 atom stereocenters. The molecule has 0 unspecified atom stereocenters. The molecule has 0 bridgehead atoms. The van der Waals surface area contributed by atoms with Gasteiger partial charge in [0.15, 0.2) is 0 Å². The molecule has 0 saturated carbocycles. The third kappa shape index (κ3) is 1.50. The molecule has 0 aliphatic heterocycles. The number of hydrogen-bond acceptors (Lipinski definition) is 3. The average Bonchev–Trinajstić information content (AvgIpc) is 2.48. The van der Waals surface area contributed by atoms with Crippen molar-refractivity contribution in [3.05, 3.63) is 11.6 Å². The summed E-state index contributed by atoms with van der Waals surface area (Å²) in [7, 11) is 3.29. The highest BCUT2D eigenvalue weighted by molar-refractivity contribution is 5.91. The van der Waals surface area contributed by atoms with Crippen LogP contribution in [-0.4, -0.2) is 46.7 Å². The van der Waals surface area contributed by atoms with E-state index in [9.17, 15) is 9.59 Å². The topological polar surface area (TPSA) is 77.8 Å². The molecule has 5 heteroatoms. The molecule has 1 aliphatic carbocycles. The maximum Gasteiger partial charge on any atom is 0.331 e. The molecule has 0 spiro atoms. The smallest absolute Gasteiger partial charge is 0.331 e. The third-order valence-electron chi connectivity index (χ3n) is 2.70. The van der Waals surface area contributed by atoms with Crippen molar-refractivity contribution in [1.29, 1.82) is 0 Å². The minimum absolute atomic E-state index is 0.0602. The van der Waals surface area contributed by atoms with Gasteiger partial charge >= 0.3 is 11.9 Å². The van der Waals surface area contributed by atoms with E-state index in [4.69, 9.17) is 10.2 Å². The summed E-state index contributed by atoms with van der Waals surface area (Å²) in [4.78, 5) is 23.3. The summed E-state index contributed by atoms with van der Waals surface area (Å²) in [6.07, 6.45) is 1.79. The zero-order valence-electron chi connectivity index (χ0n) is 8.15. The second kappa shape index (κ2) is 3.42. The van der Waals surface area contributed by atoms with Crippen LogP contribution in [0.15, 0.2) is 11.6 Å². The Morgan fingerprint density at radius 1 is 1.43 bits per heavy atom. The van der Waals surface area contributed by atoms with Gasteiger partial charge in [-0.3, -0.25) is 9.69 Å². The molecular formula is C9H13NO4. The summed E-state index contributed by atoms with van der Waals surface area (Å²) in [5.41, 5.74) is -0.894. The highest BCUT2D eigenvalue weighted by Crippen LogP contribution is 2.33. The number of likely N-dealkylation sites (N-methyl/N-ethyl adjacent to an activating group) is 1. The highest BCUT2D eigenvalue weighted by Gasteiger charge is 2.45. The Morgan fingerprint density at radius 3 is 2.21 bits per heavy atom. The number of carboxylic acid groups (broad SMARTS) is 2. The molecule has 14 heavy (non-hydrogen) atoms. The Bertz CT molecular complexity index is 308. The maximum atomic E-state index is 11.1. The van der Waals surface area contributed by atoms with Gasteiger partial charge in [-0.25, -0.2) is 4.79 Å². The Balaban J connectivity index is 2.91. The fourth-order valence-corrected chi connectivity index (χ4v) is 1.61. The van der Waals surface area contributed by atoms with E-state index >= 15 is 0 Å². The molecule has 0 radical (unpaired) electrons. The fourth-order valence-electron chi connectivity index (χ4n) is 1.61. The van der Waals surface area contributed by atoms with E-state index in [1.54, 1.807) is 19.0 Å². The van der Waals surface area contributed by atoms with Crippen molar-refractivity contribution in [3.63, 3.8) is 0 Å². The van der Waals surface area contributed by atoms with Gasteiger partial charge in [-0.1, -0.05) is 6.08 Å². The van der Waals surface area contributed by atoms with Crippen LogP contribution in [0, 0.1) is 0 Å². The maximum absolute atomic E-state index is 11.1. The van der Waals surface area contributed by atoms with Crippen LogP contribution in [0.5, 0.6) is 0 Å². The monoisotopic (exact) mass is 199 g/mol. The molecule has 5 nitrogen and oxygen atoms in total. The predicted molar refractivity (Wildman–Crippen MR) is 49.0 cm³/mol. The molecule has 0 saturated heterocycles. The van der Waals surface area contributed by atoms with Crippen molar-refractivity contribution in [2.75, 3.05) is 14.1 Å². The molecule has 0 aromatic carbocycles. The van der Waals surface area contributed by atoms with E-state index in [1.807, 2.05) is 0 Å². The first-order chi connectivity index (χ1) is 6.40. The van der Waals surface area contributed by atoms with Crippen LogP contribution in [0.25, 0.3) is 0 Å². The third-order valence-corrected chi connectivity index (χ3v) is 2.70. The van der Waals surface area contributed by atoms with Gasteiger partial charge < -0.3 is 10.2 Å². The van der Waals surface area contributed by atoms with Crippen molar-refractivity contribution < 1.29 is 19.8 Å². The second-order valence-corrected chi connectivity index (χ2v) is 3.65. The van der Waals surface area contributed by atoms with Crippen molar-refractivity contribution in [1.82, 2.24) is 4.90 Å². The lowest BCUT2D eigenvalue weighted by Gasteiger charge is -2.31. The second-order valence-electron chi connectivity index (χ2n) is 3.65. The lowest BCUT2D eigenvalue weighted by atomic mass is 9.94. The molecule has 0 aromatic rings. The number of hydrogen-bond donors (Lipinski definition) is 2. The Morgan fingerprint density at radius 2 is 2.00 bits per heavy atom. The first-order valence-electron chi connectivity index (χ1n) is 4.23. The van der Waals surface area contributed by atoms with Crippen LogP contribution in [0.2, 0.25) is 0 Å². The van der Waals surface area contributed by atoms with Crippen LogP contribution in [0.4, 0.5) is 0 Å². The summed E-state index contributed by atoms with van der Waals surface area (Å²) < 4.78 is 0. The molecule has 78 valence electrons. The minimum atomic E-state index is -1.08. The molecule has 0 amide bonds. The van der Waals surface area contributed by atoms with Gasteiger partial charge in [-0.05, 0) is 20.5 Å². The van der Waals surface area contributed by atoms with Crippen LogP contribution >= 0.6 is 0 Å². The molecule has 2 N–H and O–H groups in total. The standard InChI is InChI=1S/C9H13NO4/c1-10(2)9(8(13)14)4-3-6(5-9)7(11)12/h3H,4-5H2,1-2H3,(H,11,12)(H,13,14)/t9-/m0/s1. The summed E-state index contributed by atoms with van der Waals surface area (Å²) in [6, 6.07) is 0. The number of aliphatic carboxylic acids is 2. The van der Waals surface area contributed by atoms with Gasteiger partial charge in [0.25, 0.3) is 0 Å². The molecule has 0 fully saturated rings. The summed E-state index contributed by atoms with van der Waals surface area (Å²) >= 11 is 0. The van der Waals surface area contributed by atoms with Crippen LogP contribution in [0.3, 0.4) is 0 Å². The molecule has 0 aromatic heterocycles. The normalized spacial score (nSPS) is 26.4. The zero-order valence-corrected chi connectivity index (χ0v) is 8.15. The first kappa shape index (κ1) is 10.7. The quantitative estimate of drug-likeness (QED) is 0.677. The first-order valence-corrected chi connectivity index (χ1v) is 4.23. The summed E-state index contributed by atoms with van der Waals surface area (Å²) in [5, 5.41) is 17.8. The summed E-state index contributed by atoms with van der Waals surface area (Å²) in [6.45, 7) is 0. The Kier molecular flexibility index (Phi) is 2.62. The zero-order chi connectivity index (χ0) is 10.9. The van der Waals surface area contributed by atoms with Crippen molar-refractivity contribution >= 4 is 11.9 Å². The number of carboxylic acids is 2. The van der Waals surface area contributed by atoms with Gasteiger partial charge in [0.1, 0.15) is 5.54 Å². The van der Waals surface area contributed by atoms with E-state index in [0.717, 1.165) is 0 Å². The molecular weight excluding hydrogens is 186 g/mol. The molecule has 1 rings (SSSR count). The number of carbonyl (C=O) groups is 2. The number of rotatable bonds is 3. The van der Waals surface area contributed by atoms with Gasteiger partial charge in [-0.2, -0.15) is 0 Å². The SMILES string of the molecule is CN(C)[C@@]1(C(=O)O)CC=C(C(=O)O)C1. The van der Waals surface area contributed by atoms with E-state index in [1.165, 1.54) is 6.08 Å².